The Bertz CT molecular complexity index is 633. The molecule has 0 aromatic heterocycles. The van der Waals surface area contributed by atoms with Gasteiger partial charge in [-0.15, -0.1) is 0 Å². The minimum Gasteiger partial charge on any atom is -0.394 e. The Morgan fingerprint density at radius 2 is 2.12 bits per heavy atom. The third kappa shape index (κ3) is 2.74. The van der Waals surface area contributed by atoms with Gasteiger partial charge in [0.15, 0.2) is 0 Å². The number of ether oxygens (including phenoxy) is 1. The lowest BCUT2D eigenvalue weighted by atomic mass is 9.83. The first-order chi connectivity index (χ1) is 11.7. The first-order valence-electron chi connectivity index (χ1n) is 8.74. The summed E-state index contributed by atoms with van der Waals surface area (Å²) in [5.41, 5.74) is 2.20. The zero-order chi connectivity index (χ0) is 16.7. The number of nitrogens with zero attached hydrogens (tertiary/aromatic N) is 1. The smallest absolute Gasteiger partial charge is 0.226 e. The lowest BCUT2D eigenvalue weighted by molar-refractivity contribution is -0.140. The first-order valence-corrected chi connectivity index (χ1v) is 9.53. The molecule has 1 aromatic rings. The van der Waals surface area contributed by atoms with Crippen LogP contribution < -0.4 is 5.32 Å². The van der Waals surface area contributed by atoms with Crippen LogP contribution in [0, 0.1) is 11.8 Å². The predicted molar refractivity (Wildman–Crippen MR) is 94.7 cm³/mol. The van der Waals surface area contributed by atoms with Crippen LogP contribution in [0.1, 0.15) is 30.9 Å². The van der Waals surface area contributed by atoms with Gasteiger partial charge in [-0.05, 0) is 43.0 Å². The van der Waals surface area contributed by atoms with Crippen molar-refractivity contribution in [1.29, 1.82) is 0 Å². The zero-order valence-electron chi connectivity index (χ0n) is 13.6. The average molecular weight is 395 g/mol. The number of halogens is 1. The molecule has 2 fully saturated rings. The van der Waals surface area contributed by atoms with E-state index in [-0.39, 0.29) is 36.4 Å². The zero-order valence-corrected chi connectivity index (χ0v) is 15.2. The Balaban J connectivity index is 1.67. The van der Waals surface area contributed by atoms with Crippen LogP contribution >= 0.6 is 15.9 Å². The van der Waals surface area contributed by atoms with Crippen molar-refractivity contribution in [3.63, 3.8) is 0 Å². The molecule has 0 bridgehead atoms. The van der Waals surface area contributed by atoms with Gasteiger partial charge in [0.25, 0.3) is 0 Å². The maximum atomic E-state index is 13.1. The van der Waals surface area contributed by atoms with Gasteiger partial charge >= 0.3 is 0 Å². The van der Waals surface area contributed by atoms with Crippen molar-refractivity contribution < 1.29 is 14.6 Å². The third-order valence-corrected chi connectivity index (χ3v) is 6.18. The van der Waals surface area contributed by atoms with Crippen molar-refractivity contribution in [2.45, 2.75) is 31.3 Å². The van der Waals surface area contributed by atoms with E-state index in [1.165, 1.54) is 0 Å². The fourth-order valence-electron chi connectivity index (χ4n) is 4.46. The van der Waals surface area contributed by atoms with E-state index in [9.17, 15) is 9.90 Å². The monoisotopic (exact) mass is 394 g/mol. The quantitative estimate of drug-likeness (QED) is 0.808. The highest BCUT2D eigenvalue weighted by Gasteiger charge is 2.46. The fourth-order valence-corrected chi connectivity index (χ4v) is 4.84. The lowest BCUT2D eigenvalue weighted by Gasteiger charge is -2.40. The first kappa shape index (κ1) is 16.4. The predicted octanol–water partition coefficient (Wildman–Crippen LogP) is 2.55. The molecule has 4 rings (SSSR count). The minimum atomic E-state index is 0.0103. The van der Waals surface area contributed by atoms with E-state index < -0.39 is 0 Å². The lowest BCUT2D eigenvalue weighted by Crippen LogP contribution is -2.44. The van der Waals surface area contributed by atoms with Crippen molar-refractivity contribution in [2.75, 3.05) is 31.7 Å². The molecule has 2 N–H and O–H groups in total. The van der Waals surface area contributed by atoms with E-state index in [1.807, 2.05) is 12.1 Å². The maximum Gasteiger partial charge on any atom is 0.226 e. The molecule has 0 spiro atoms. The number of carbonyl (C=O) groups is 1. The molecule has 0 saturated carbocycles. The number of likely N-dealkylation sites (tertiary alicyclic amines) is 1. The fraction of sp³-hybridized carbons (Fsp3) is 0.611. The molecule has 1 aromatic carbocycles. The summed E-state index contributed by atoms with van der Waals surface area (Å²) in [6.07, 6.45) is 2.57. The highest BCUT2D eigenvalue weighted by atomic mass is 79.9. The summed E-state index contributed by atoms with van der Waals surface area (Å²) in [4.78, 5) is 15.2. The second-order valence-corrected chi connectivity index (χ2v) is 7.90. The number of anilines is 1. The van der Waals surface area contributed by atoms with Crippen molar-refractivity contribution in [1.82, 2.24) is 4.90 Å². The third-order valence-electron chi connectivity index (χ3n) is 5.68. The van der Waals surface area contributed by atoms with Gasteiger partial charge in [0.05, 0.1) is 18.7 Å². The van der Waals surface area contributed by atoms with Gasteiger partial charge in [0.1, 0.15) is 0 Å². The number of benzene rings is 1. The number of amides is 1. The summed E-state index contributed by atoms with van der Waals surface area (Å²) in [6, 6.07) is 6.22. The Morgan fingerprint density at radius 1 is 1.33 bits per heavy atom. The number of aliphatic hydroxyl groups excluding tert-OH is 1. The molecule has 5 nitrogen and oxygen atoms in total. The van der Waals surface area contributed by atoms with Gasteiger partial charge in [-0.25, -0.2) is 0 Å². The number of hydrogen-bond acceptors (Lipinski definition) is 4. The molecular weight excluding hydrogens is 372 g/mol. The largest absolute Gasteiger partial charge is 0.394 e. The van der Waals surface area contributed by atoms with E-state index in [0.29, 0.717) is 13.2 Å². The topological polar surface area (TPSA) is 61.8 Å². The highest BCUT2D eigenvalue weighted by molar-refractivity contribution is 9.10. The summed E-state index contributed by atoms with van der Waals surface area (Å²) < 4.78 is 6.43. The molecule has 3 aliphatic rings. The summed E-state index contributed by atoms with van der Waals surface area (Å²) in [7, 11) is 0. The van der Waals surface area contributed by atoms with Gasteiger partial charge < -0.3 is 20.1 Å². The van der Waals surface area contributed by atoms with Crippen LogP contribution in [0.4, 0.5) is 5.69 Å². The molecule has 3 aliphatic heterocycles. The van der Waals surface area contributed by atoms with Gasteiger partial charge in [-0.3, -0.25) is 4.79 Å². The van der Waals surface area contributed by atoms with Gasteiger partial charge in [-0.2, -0.15) is 0 Å². The van der Waals surface area contributed by atoms with Crippen molar-refractivity contribution in [2.24, 2.45) is 11.8 Å². The van der Waals surface area contributed by atoms with Crippen LogP contribution in [0.3, 0.4) is 0 Å². The normalized spacial score (nSPS) is 29.8. The Morgan fingerprint density at radius 3 is 2.88 bits per heavy atom. The maximum absolute atomic E-state index is 13.1. The summed E-state index contributed by atoms with van der Waals surface area (Å²) in [6.45, 7) is 2.23. The number of carbonyl (C=O) groups excluding carboxylic acids is 1. The van der Waals surface area contributed by atoms with Crippen LogP contribution in [0.15, 0.2) is 22.7 Å². The molecule has 2 saturated heterocycles. The molecular formula is C18H23BrN2O3. The molecule has 0 aliphatic carbocycles. The van der Waals surface area contributed by atoms with E-state index >= 15 is 0 Å². The molecule has 24 heavy (non-hydrogen) atoms. The molecule has 6 heteroatoms. The molecule has 3 atom stereocenters. The number of rotatable bonds is 2. The summed E-state index contributed by atoms with van der Waals surface area (Å²) in [5.74, 6) is 0.603. The molecule has 0 unspecified atom stereocenters. The Kier molecular flexibility index (Phi) is 4.54. The minimum absolute atomic E-state index is 0.0103. The van der Waals surface area contributed by atoms with E-state index in [0.717, 1.165) is 41.5 Å². The average Bonchev–Trinajstić information content (AvgIpc) is 3.06. The molecule has 3 heterocycles. The van der Waals surface area contributed by atoms with Crippen molar-refractivity contribution in [3.8, 4) is 0 Å². The van der Waals surface area contributed by atoms with E-state index in [1.54, 1.807) is 0 Å². The summed E-state index contributed by atoms with van der Waals surface area (Å²) in [5, 5.41) is 13.3. The van der Waals surface area contributed by atoms with Crippen LogP contribution in [-0.2, 0) is 9.53 Å². The molecule has 130 valence electrons. The van der Waals surface area contributed by atoms with Crippen molar-refractivity contribution >= 4 is 27.5 Å². The highest BCUT2D eigenvalue weighted by Crippen LogP contribution is 2.47. The standard InChI is InChI=1S/C18H23BrN2O3/c19-12-1-2-15-14(9-12)17-13(16(10-22)20-15)3-6-21(17)18(23)11-4-7-24-8-5-11/h1-2,9,11,13,16-17,20,22H,3-8,10H2/t13-,16+,17-/m1/s1. The van der Waals surface area contributed by atoms with Gasteiger partial charge in [0, 0.05) is 41.8 Å². The van der Waals surface area contributed by atoms with Crippen LogP contribution in [0.25, 0.3) is 0 Å². The van der Waals surface area contributed by atoms with E-state index in [4.69, 9.17) is 4.74 Å². The Labute approximate surface area is 150 Å². The molecule has 1 amide bonds. The Hall–Kier alpha value is -1.11. The van der Waals surface area contributed by atoms with Crippen LogP contribution in [-0.4, -0.2) is 48.3 Å². The van der Waals surface area contributed by atoms with Gasteiger partial charge in [0.2, 0.25) is 5.91 Å². The van der Waals surface area contributed by atoms with E-state index in [2.05, 4.69) is 32.2 Å². The number of nitrogens with one attached hydrogen (secondary N) is 1. The summed E-state index contributed by atoms with van der Waals surface area (Å²) >= 11 is 3.56. The SMILES string of the molecule is O=C(C1CCOCC1)N1CC[C@@H]2[C@H](CO)Nc3ccc(Br)cc3[C@@H]21. The van der Waals surface area contributed by atoms with Gasteiger partial charge in [-0.1, -0.05) is 15.9 Å². The van der Waals surface area contributed by atoms with Crippen LogP contribution in [0.5, 0.6) is 0 Å². The van der Waals surface area contributed by atoms with Crippen LogP contribution in [0.2, 0.25) is 0 Å². The number of hydrogen-bond donors (Lipinski definition) is 2. The molecule has 0 radical (unpaired) electrons. The second-order valence-electron chi connectivity index (χ2n) is 6.98. The van der Waals surface area contributed by atoms with Crippen molar-refractivity contribution in [3.05, 3.63) is 28.2 Å². The second kappa shape index (κ2) is 6.65. The number of aliphatic hydroxyl groups is 1. The number of fused-ring (bicyclic) bond motifs is 3.